The Labute approximate surface area is 141 Å². The van der Waals surface area contributed by atoms with Crippen LogP contribution in [-0.2, 0) is 0 Å². The van der Waals surface area contributed by atoms with Crippen LogP contribution >= 0.6 is 23.2 Å². The fourth-order valence-electron chi connectivity index (χ4n) is 1.89. The Hall–Kier alpha value is -2.15. The van der Waals surface area contributed by atoms with Gasteiger partial charge in [0.05, 0.1) is 21.6 Å². The molecule has 8 heteroatoms. The third-order valence-corrected chi connectivity index (χ3v) is 3.68. The van der Waals surface area contributed by atoms with E-state index in [0.717, 1.165) is 6.07 Å². The lowest BCUT2D eigenvalue weighted by molar-refractivity contribution is -0.384. The molecule has 2 N–H and O–H groups in total. The summed E-state index contributed by atoms with van der Waals surface area (Å²) in [5, 5.41) is 23.7. The maximum Gasteiger partial charge on any atom is 0.270 e. The largest absolute Gasteiger partial charge is 0.387 e. The standard InChI is InChI=1S/C15H12Cl2N2O4/c16-10-3-1-9(2-4-10)14(20)8-18-15(21)12-6-5-11(19(22)23)7-13(12)17/h1-7,14,20H,8H2,(H,18,21). The van der Waals surface area contributed by atoms with Crippen molar-refractivity contribution in [2.75, 3.05) is 6.54 Å². The Kier molecular flexibility index (Phi) is 5.54. The van der Waals surface area contributed by atoms with Gasteiger partial charge in [-0.2, -0.15) is 0 Å². The van der Waals surface area contributed by atoms with Crippen molar-refractivity contribution in [3.05, 3.63) is 73.8 Å². The SMILES string of the molecule is O=C(NCC(O)c1ccc(Cl)cc1)c1ccc([N+](=O)[O-])cc1Cl. The number of benzene rings is 2. The zero-order chi connectivity index (χ0) is 17.0. The van der Waals surface area contributed by atoms with Gasteiger partial charge in [-0.3, -0.25) is 14.9 Å². The minimum Gasteiger partial charge on any atom is -0.387 e. The van der Waals surface area contributed by atoms with Crippen LogP contribution in [0.3, 0.4) is 0 Å². The maximum atomic E-state index is 12.0. The third-order valence-electron chi connectivity index (χ3n) is 3.12. The second kappa shape index (κ2) is 7.41. The number of nitro benzene ring substituents is 1. The van der Waals surface area contributed by atoms with Gasteiger partial charge < -0.3 is 10.4 Å². The molecule has 0 saturated carbocycles. The number of rotatable bonds is 5. The Morgan fingerprint density at radius 1 is 1.22 bits per heavy atom. The Morgan fingerprint density at radius 2 is 1.87 bits per heavy atom. The molecule has 0 radical (unpaired) electrons. The zero-order valence-electron chi connectivity index (χ0n) is 11.7. The van der Waals surface area contributed by atoms with Crippen molar-refractivity contribution in [1.82, 2.24) is 5.32 Å². The Bertz CT molecular complexity index is 735. The van der Waals surface area contributed by atoms with Crippen LogP contribution in [0, 0.1) is 10.1 Å². The second-order valence-electron chi connectivity index (χ2n) is 4.70. The molecule has 0 fully saturated rings. The first-order valence-corrected chi connectivity index (χ1v) is 7.29. The molecule has 0 aromatic heterocycles. The number of hydrogen-bond donors (Lipinski definition) is 2. The van der Waals surface area contributed by atoms with Gasteiger partial charge in [-0.1, -0.05) is 35.3 Å². The fourth-order valence-corrected chi connectivity index (χ4v) is 2.28. The molecule has 23 heavy (non-hydrogen) atoms. The van der Waals surface area contributed by atoms with E-state index in [4.69, 9.17) is 23.2 Å². The molecule has 0 heterocycles. The van der Waals surface area contributed by atoms with E-state index < -0.39 is 16.9 Å². The van der Waals surface area contributed by atoms with Crippen molar-refractivity contribution in [2.45, 2.75) is 6.10 Å². The number of nitrogens with zero attached hydrogens (tertiary/aromatic N) is 1. The number of carbonyl (C=O) groups is 1. The van der Waals surface area contributed by atoms with Gasteiger partial charge in [0.15, 0.2) is 0 Å². The highest BCUT2D eigenvalue weighted by atomic mass is 35.5. The lowest BCUT2D eigenvalue weighted by Crippen LogP contribution is -2.28. The summed E-state index contributed by atoms with van der Waals surface area (Å²) in [4.78, 5) is 22.1. The fraction of sp³-hybridized carbons (Fsp3) is 0.133. The highest BCUT2D eigenvalue weighted by Crippen LogP contribution is 2.22. The molecule has 1 unspecified atom stereocenters. The van der Waals surface area contributed by atoms with Crippen molar-refractivity contribution in [3.63, 3.8) is 0 Å². The van der Waals surface area contributed by atoms with Crippen LogP contribution in [0.2, 0.25) is 10.0 Å². The molecule has 0 aliphatic heterocycles. The van der Waals surface area contributed by atoms with Gasteiger partial charge in [-0.25, -0.2) is 0 Å². The van der Waals surface area contributed by atoms with Crippen molar-refractivity contribution >= 4 is 34.8 Å². The summed E-state index contributed by atoms with van der Waals surface area (Å²) >= 11 is 11.6. The molecule has 1 atom stereocenters. The van der Waals surface area contributed by atoms with Crippen LogP contribution in [0.15, 0.2) is 42.5 Å². The third kappa shape index (κ3) is 4.41. The first-order chi connectivity index (χ1) is 10.9. The summed E-state index contributed by atoms with van der Waals surface area (Å²) < 4.78 is 0. The number of aliphatic hydroxyl groups excluding tert-OH is 1. The Morgan fingerprint density at radius 3 is 2.43 bits per heavy atom. The summed E-state index contributed by atoms with van der Waals surface area (Å²) in [6, 6.07) is 10.1. The first-order valence-electron chi connectivity index (χ1n) is 6.54. The van der Waals surface area contributed by atoms with Crippen LogP contribution in [0.25, 0.3) is 0 Å². The quantitative estimate of drug-likeness (QED) is 0.635. The average Bonchev–Trinajstić information content (AvgIpc) is 2.52. The summed E-state index contributed by atoms with van der Waals surface area (Å²) in [6.45, 7) is -0.0339. The predicted molar refractivity (Wildman–Crippen MR) is 86.9 cm³/mol. The highest BCUT2D eigenvalue weighted by molar-refractivity contribution is 6.34. The van der Waals surface area contributed by atoms with E-state index in [9.17, 15) is 20.0 Å². The van der Waals surface area contributed by atoms with Gasteiger partial charge in [0.1, 0.15) is 0 Å². The molecule has 6 nitrogen and oxygen atoms in total. The van der Waals surface area contributed by atoms with Gasteiger partial charge in [0.25, 0.3) is 11.6 Å². The number of aliphatic hydroxyl groups is 1. The van der Waals surface area contributed by atoms with Crippen molar-refractivity contribution < 1.29 is 14.8 Å². The zero-order valence-corrected chi connectivity index (χ0v) is 13.2. The van der Waals surface area contributed by atoms with E-state index in [0.29, 0.717) is 10.6 Å². The number of hydrogen-bond acceptors (Lipinski definition) is 4. The number of nitro groups is 1. The van der Waals surface area contributed by atoms with Crippen molar-refractivity contribution in [3.8, 4) is 0 Å². The van der Waals surface area contributed by atoms with E-state index in [1.165, 1.54) is 12.1 Å². The smallest absolute Gasteiger partial charge is 0.270 e. The normalized spacial score (nSPS) is 11.8. The molecule has 0 saturated heterocycles. The summed E-state index contributed by atoms with van der Waals surface area (Å²) in [7, 11) is 0. The molecule has 0 spiro atoms. The maximum absolute atomic E-state index is 12.0. The summed E-state index contributed by atoms with van der Waals surface area (Å²) in [6.07, 6.45) is -0.909. The van der Waals surface area contributed by atoms with E-state index in [2.05, 4.69) is 5.32 Å². The second-order valence-corrected chi connectivity index (χ2v) is 5.54. The van der Waals surface area contributed by atoms with Gasteiger partial charge in [0.2, 0.25) is 0 Å². The molecule has 2 aromatic rings. The van der Waals surface area contributed by atoms with Gasteiger partial charge in [-0.05, 0) is 23.8 Å². The summed E-state index contributed by atoms with van der Waals surface area (Å²) in [5.41, 5.74) is 0.498. The van der Waals surface area contributed by atoms with Crippen LogP contribution in [0.1, 0.15) is 22.0 Å². The molecule has 0 aliphatic carbocycles. The predicted octanol–water partition coefficient (Wildman–Crippen LogP) is 3.37. The van der Waals surface area contributed by atoms with Crippen molar-refractivity contribution in [1.29, 1.82) is 0 Å². The molecular weight excluding hydrogens is 343 g/mol. The van der Waals surface area contributed by atoms with E-state index in [1.54, 1.807) is 24.3 Å². The first kappa shape index (κ1) is 17.2. The molecular formula is C15H12Cl2N2O4. The van der Waals surface area contributed by atoms with E-state index in [1.807, 2.05) is 0 Å². The molecule has 0 aliphatic rings. The van der Waals surface area contributed by atoms with Crippen LogP contribution in [-0.4, -0.2) is 22.5 Å². The lowest BCUT2D eigenvalue weighted by atomic mass is 10.1. The number of halogens is 2. The van der Waals surface area contributed by atoms with Gasteiger partial charge >= 0.3 is 0 Å². The van der Waals surface area contributed by atoms with Gasteiger partial charge in [0, 0.05) is 23.7 Å². The Balaban J connectivity index is 2.02. The molecule has 2 rings (SSSR count). The molecule has 1 amide bonds. The summed E-state index contributed by atoms with van der Waals surface area (Å²) in [5.74, 6) is -0.530. The number of amides is 1. The topological polar surface area (TPSA) is 92.5 Å². The molecule has 0 bridgehead atoms. The van der Waals surface area contributed by atoms with Crippen molar-refractivity contribution in [2.24, 2.45) is 0 Å². The van der Waals surface area contributed by atoms with Gasteiger partial charge in [-0.15, -0.1) is 0 Å². The average molecular weight is 355 g/mol. The van der Waals surface area contributed by atoms with E-state index in [-0.39, 0.29) is 22.8 Å². The number of non-ortho nitro benzene ring substituents is 1. The molecule has 120 valence electrons. The minimum absolute atomic E-state index is 0.0299. The lowest BCUT2D eigenvalue weighted by Gasteiger charge is -2.13. The number of nitrogens with one attached hydrogen (secondary N) is 1. The monoisotopic (exact) mass is 354 g/mol. The minimum atomic E-state index is -0.909. The van der Waals surface area contributed by atoms with Crippen LogP contribution in [0.5, 0.6) is 0 Å². The highest BCUT2D eigenvalue weighted by Gasteiger charge is 2.16. The number of carbonyl (C=O) groups excluding carboxylic acids is 1. The molecule has 2 aromatic carbocycles. The van der Waals surface area contributed by atoms with Crippen LogP contribution < -0.4 is 5.32 Å². The van der Waals surface area contributed by atoms with E-state index >= 15 is 0 Å². The van der Waals surface area contributed by atoms with Crippen LogP contribution in [0.4, 0.5) is 5.69 Å².